The molecule has 0 saturated carbocycles. The van der Waals surface area contributed by atoms with E-state index in [9.17, 15) is 0 Å². The number of aryl methyl sites for hydroxylation is 1. The van der Waals surface area contributed by atoms with Gasteiger partial charge in [-0.1, -0.05) is 24.6 Å². The lowest BCUT2D eigenvalue weighted by atomic mass is 10.1. The third kappa shape index (κ3) is 4.93. The molecule has 0 fully saturated rings. The van der Waals surface area contributed by atoms with Crippen LogP contribution < -0.4 is 10.1 Å². The van der Waals surface area contributed by atoms with Gasteiger partial charge >= 0.3 is 0 Å². The molecule has 1 N–H and O–H groups in total. The molecule has 0 unspecified atom stereocenters. The molecule has 0 spiro atoms. The minimum atomic E-state index is 0.687. The molecule has 92 valence electrons. The fraction of sp³-hybridized carbons (Fsp3) is 0.467. The van der Waals surface area contributed by atoms with Crippen LogP contribution in [0.25, 0.3) is 0 Å². The molecule has 17 heavy (non-hydrogen) atoms. The molecule has 0 saturated heterocycles. The van der Waals surface area contributed by atoms with Crippen LogP contribution in [0.3, 0.4) is 0 Å². The Hall–Kier alpha value is -1.46. The topological polar surface area (TPSA) is 21.3 Å². The van der Waals surface area contributed by atoms with Crippen LogP contribution in [0.4, 0.5) is 0 Å². The van der Waals surface area contributed by atoms with E-state index >= 15 is 0 Å². The number of benzene rings is 1. The Labute approximate surface area is 104 Å². The third-order valence-corrected chi connectivity index (χ3v) is 2.50. The van der Waals surface area contributed by atoms with E-state index in [1.807, 2.05) is 6.07 Å². The minimum absolute atomic E-state index is 0.687. The maximum absolute atomic E-state index is 5.76. The monoisotopic (exact) mass is 231 g/mol. The van der Waals surface area contributed by atoms with Crippen molar-refractivity contribution in [2.24, 2.45) is 0 Å². The Morgan fingerprint density at radius 3 is 2.94 bits per heavy atom. The van der Waals surface area contributed by atoms with Gasteiger partial charge in [-0.3, -0.25) is 0 Å². The van der Waals surface area contributed by atoms with E-state index in [-0.39, 0.29) is 0 Å². The van der Waals surface area contributed by atoms with Crippen LogP contribution >= 0.6 is 0 Å². The summed E-state index contributed by atoms with van der Waals surface area (Å²) < 4.78 is 5.76. The van der Waals surface area contributed by atoms with Gasteiger partial charge in [0, 0.05) is 18.5 Å². The molecule has 1 aromatic carbocycles. The fourth-order valence-electron chi connectivity index (χ4n) is 1.60. The van der Waals surface area contributed by atoms with Crippen LogP contribution in [0.5, 0.6) is 5.75 Å². The average molecular weight is 231 g/mol. The summed E-state index contributed by atoms with van der Waals surface area (Å²) >= 11 is 0. The van der Waals surface area contributed by atoms with Gasteiger partial charge in [-0.25, -0.2) is 0 Å². The largest absolute Gasteiger partial charge is 0.493 e. The molecular formula is C15H21NO. The van der Waals surface area contributed by atoms with Crippen molar-refractivity contribution < 1.29 is 4.74 Å². The third-order valence-electron chi connectivity index (χ3n) is 2.50. The zero-order valence-electron chi connectivity index (χ0n) is 10.8. The Morgan fingerprint density at radius 1 is 1.41 bits per heavy atom. The lowest BCUT2D eigenvalue weighted by Crippen LogP contribution is -2.13. The van der Waals surface area contributed by atoms with Crippen molar-refractivity contribution in [3.8, 4) is 18.1 Å². The molecule has 0 amide bonds. The second-order valence-corrected chi connectivity index (χ2v) is 4.05. The quantitative estimate of drug-likeness (QED) is 0.575. The average Bonchev–Trinajstić information content (AvgIpc) is 2.34. The van der Waals surface area contributed by atoms with Gasteiger partial charge < -0.3 is 10.1 Å². The van der Waals surface area contributed by atoms with E-state index in [4.69, 9.17) is 11.2 Å². The van der Waals surface area contributed by atoms with Crippen molar-refractivity contribution in [1.82, 2.24) is 5.32 Å². The summed E-state index contributed by atoms with van der Waals surface area (Å²) in [5.74, 6) is 3.59. The summed E-state index contributed by atoms with van der Waals surface area (Å²) in [4.78, 5) is 0. The zero-order chi connectivity index (χ0) is 12.5. The van der Waals surface area contributed by atoms with Gasteiger partial charge in [-0.05, 0) is 26.0 Å². The normalized spacial score (nSPS) is 9.94. The van der Waals surface area contributed by atoms with Gasteiger partial charge in [-0.2, -0.15) is 0 Å². The maximum Gasteiger partial charge on any atom is 0.123 e. The number of nitrogens with one attached hydrogen (secondary N) is 1. The van der Waals surface area contributed by atoms with Crippen LogP contribution in [0, 0.1) is 19.3 Å². The van der Waals surface area contributed by atoms with Gasteiger partial charge in [0.2, 0.25) is 0 Å². The second kappa shape index (κ2) is 7.76. The molecule has 0 aliphatic carbocycles. The van der Waals surface area contributed by atoms with Crippen molar-refractivity contribution in [1.29, 1.82) is 0 Å². The number of hydrogen-bond donors (Lipinski definition) is 1. The van der Waals surface area contributed by atoms with Crippen LogP contribution in [0.15, 0.2) is 18.2 Å². The second-order valence-electron chi connectivity index (χ2n) is 4.05. The van der Waals surface area contributed by atoms with E-state index in [1.165, 1.54) is 11.1 Å². The Kier molecular flexibility index (Phi) is 6.21. The molecule has 2 nitrogen and oxygen atoms in total. The van der Waals surface area contributed by atoms with Crippen LogP contribution in [0.2, 0.25) is 0 Å². The molecule has 0 heterocycles. The van der Waals surface area contributed by atoms with Gasteiger partial charge in [0.15, 0.2) is 0 Å². The highest BCUT2D eigenvalue weighted by Gasteiger charge is 2.03. The lowest BCUT2D eigenvalue weighted by Gasteiger charge is -2.12. The summed E-state index contributed by atoms with van der Waals surface area (Å²) in [5.41, 5.74) is 2.47. The number of unbranched alkanes of at least 4 members (excludes halogenated alkanes) is 1. The molecule has 0 bridgehead atoms. The summed E-state index contributed by atoms with van der Waals surface area (Å²) in [7, 11) is 0. The van der Waals surface area contributed by atoms with Gasteiger partial charge in [0.1, 0.15) is 5.75 Å². The number of ether oxygens (including phenoxy) is 1. The lowest BCUT2D eigenvalue weighted by molar-refractivity contribution is 0.309. The Balaban J connectivity index is 2.59. The van der Waals surface area contributed by atoms with E-state index in [1.54, 1.807) is 0 Å². The predicted molar refractivity (Wildman–Crippen MR) is 72.1 cm³/mol. The Bertz CT molecular complexity index is 379. The SMILES string of the molecule is C#CCCCOc1ccc(C)cc1CNCC. The molecular weight excluding hydrogens is 210 g/mol. The van der Waals surface area contributed by atoms with Gasteiger partial charge in [0.25, 0.3) is 0 Å². The summed E-state index contributed by atoms with van der Waals surface area (Å²) in [6.07, 6.45) is 6.89. The Morgan fingerprint density at radius 2 is 2.24 bits per heavy atom. The van der Waals surface area contributed by atoms with Crippen molar-refractivity contribution in [2.45, 2.75) is 33.2 Å². The van der Waals surface area contributed by atoms with E-state index in [2.05, 4.69) is 37.2 Å². The fourth-order valence-corrected chi connectivity index (χ4v) is 1.60. The van der Waals surface area contributed by atoms with E-state index < -0.39 is 0 Å². The molecule has 0 atom stereocenters. The van der Waals surface area contributed by atoms with Crippen molar-refractivity contribution in [3.63, 3.8) is 0 Å². The predicted octanol–water partition coefficient (Wildman–Crippen LogP) is 2.90. The van der Waals surface area contributed by atoms with Crippen molar-refractivity contribution in [2.75, 3.05) is 13.2 Å². The molecule has 0 aliphatic heterocycles. The van der Waals surface area contributed by atoms with E-state index in [0.29, 0.717) is 6.61 Å². The number of rotatable bonds is 7. The van der Waals surface area contributed by atoms with Crippen LogP contribution in [-0.4, -0.2) is 13.2 Å². The molecule has 2 heteroatoms. The number of terminal acetylenes is 1. The molecule has 0 aliphatic rings. The highest BCUT2D eigenvalue weighted by Crippen LogP contribution is 2.20. The highest BCUT2D eigenvalue weighted by molar-refractivity contribution is 5.36. The first kappa shape index (κ1) is 13.6. The minimum Gasteiger partial charge on any atom is -0.493 e. The standard InChI is InChI=1S/C15H21NO/c1-4-6-7-10-17-15-9-8-13(3)11-14(15)12-16-5-2/h1,8-9,11,16H,5-7,10,12H2,2-3H3. The van der Waals surface area contributed by atoms with Gasteiger partial charge in [0.05, 0.1) is 6.61 Å². The highest BCUT2D eigenvalue weighted by atomic mass is 16.5. The maximum atomic E-state index is 5.76. The number of hydrogen-bond acceptors (Lipinski definition) is 2. The van der Waals surface area contributed by atoms with Crippen LogP contribution in [-0.2, 0) is 6.54 Å². The summed E-state index contributed by atoms with van der Waals surface area (Å²) in [5, 5.41) is 3.32. The van der Waals surface area contributed by atoms with E-state index in [0.717, 1.165) is 31.7 Å². The summed E-state index contributed by atoms with van der Waals surface area (Å²) in [6.45, 7) is 6.69. The molecule has 0 radical (unpaired) electrons. The smallest absolute Gasteiger partial charge is 0.123 e. The van der Waals surface area contributed by atoms with Gasteiger partial charge in [-0.15, -0.1) is 12.3 Å². The van der Waals surface area contributed by atoms with Crippen molar-refractivity contribution in [3.05, 3.63) is 29.3 Å². The summed E-state index contributed by atoms with van der Waals surface area (Å²) in [6, 6.07) is 6.28. The molecule has 1 rings (SSSR count). The zero-order valence-corrected chi connectivity index (χ0v) is 10.8. The van der Waals surface area contributed by atoms with Crippen molar-refractivity contribution >= 4 is 0 Å². The van der Waals surface area contributed by atoms with Crippen LogP contribution in [0.1, 0.15) is 30.9 Å². The first-order chi connectivity index (χ1) is 8.27. The molecule has 0 aromatic heterocycles. The first-order valence-corrected chi connectivity index (χ1v) is 6.14. The molecule has 1 aromatic rings. The first-order valence-electron chi connectivity index (χ1n) is 6.14.